The van der Waals surface area contributed by atoms with E-state index in [1.54, 1.807) is 6.07 Å². The Morgan fingerprint density at radius 1 is 1.17 bits per heavy atom. The number of rotatable bonds is 5. The molecular weight excluding hydrogens is 380 g/mol. The van der Waals surface area contributed by atoms with Crippen molar-refractivity contribution < 1.29 is 18.9 Å². The van der Waals surface area contributed by atoms with E-state index in [1.165, 1.54) is 0 Å². The highest BCUT2D eigenvalue weighted by atomic mass is 79.9. The van der Waals surface area contributed by atoms with Crippen LogP contribution in [0.3, 0.4) is 0 Å². The summed E-state index contributed by atoms with van der Waals surface area (Å²) in [5.41, 5.74) is 0.724. The summed E-state index contributed by atoms with van der Waals surface area (Å²) in [5, 5.41) is 3.84. The fourth-order valence-electron chi connectivity index (χ4n) is 2.31. The van der Waals surface area contributed by atoms with Crippen LogP contribution in [0, 0.1) is 0 Å². The smallest absolute Gasteiger partial charge is 0.334 e. The average Bonchev–Trinajstić information content (AvgIpc) is 3.11. The molecule has 1 saturated heterocycles. The number of imide groups is 2. The van der Waals surface area contributed by atoms with Gasteiger partial charge in [-0.25, -0.2) is 9.69 Å². The van der Waals surface area contributed by atoms with Gasteiger partial charge in [0.1, 0.15) is 6.54 Å². The second-order valence-corrected chi connectivity index (χ2v) is 6.07. The van der Waals surface area contributed by atoms with E-state index in [0.717, 1.165) is 19.8 Å². The van der Waals surface area contributed by atoms with E-state index >= 15 is 0 Å². The number of hydrogen-bond donors (Lipinski definition) is 0. The van der Waals surface area contributed by atoms with E-state index in [0.29, 0.717) is 12.2 Å². The van der Waals surface area contributed by atoms with Crippen LogP contribution in [0.1, 0.15) is 19.2 Å². The second kappa shape index (κ2) is 6.52. The van der Waals surface area contributed by atoms with Crippen molar-refractivity contribution in [2.75, 3.05) is 6.54 Å². The molecule has 1 aromatic carbocycles. The first-order valence-electron chi connectivity index (χ1n) is 7.27. The predicted octanol–water partition coefficient (Wildman–Crippen LogP) is 2.20. The summed E-state index contributed by atoms with van der Waals surface area (Å²) < 4.78 is 5.95. The highest BCUT2D eigenvalue weighted by Gasteiger charge is 2.44. The van der Waals surface area contributed by atoms with Crippen molar-refractivity contribution in [3.63, 3.8) is 0 Å². The monoisotopic (exact) mass is 392 g/mol. The summed E-state index contributed by atoms with van der Waals surface area (Å²) in [6.07, 6.45) is 0.576. The molecule has 9 heteroatoms. The van der Waals surface area contributed by atoms with Crippen LogP contribution >= 0.6 is 15.9 Å². The second-order valence-electron chi connectivity index (χ2n) is 5.15. The molecule has 4 amide bonds. The topological polar surface area (TPSA) is 96.6 Å². The van der Waals surface area contributed by atoms with E-state index in [-0.39, 0.29) is 19.0 Å². The molecule has 0 radical (unpaired) electrons. The highest BCUT2D eigenvalue weighted by molar-refractivity contribution is 9.10. The van der Waals surface area contributed by atoms with Crippen LogP contribution in [0.5, 0.6) is 0 Å². The third kappa shape index (κ3) is 2.94. The van der Waals surface area contributed by atoms with Crippen molar-refractivity contribution in [3.05, 3.63) is 34.6 Å². The molecule has 0 spiro atoms. The fraction of sp³-hybridized carbons (Fsp3) is 0.267. The summed E-state index contributed by atoms with van der Waals surface area (Å²) in [5.74, 6) is -1.29. The molecular formula is C15H13BrN4O4. The number of aromatic nitrogens is 2. The predicted molar refractivity (Wildman–Crippen MR) is 85.4 cm³/mol. The molecule has 1 aliphatic rings. The lowest BCUT2D eigenvalue weighted by atomic mass is 10.2. The van der Waals surface area contributed by atoms with Gasteiger partial charge in [0.2, 0.25) is 11.7 Å². The molecule has 24 heavy (non-hydrogen) atoms. The number of amides is 4. The summed E-state index contributed by atoms with van der Waals surface area (Å²) in [6.45, 7) is 1.79. The van der Waals surface area contributed by atoms with E-state index < -0.39 is 17.8 Å². The molecule has 8 nitrogen and oxygen atoms in total. The van der Waals surface area contributed by atoms with Gasteiger partial charge in [0.15, 0.2) is 0 Å². The Morgan fingerprint density at radius 3 is 2.62 bits per heavy atom. The molecule has 0 N–H and O–H groups in total. The maximum atomic E-state index is 12.2. The van der Waals surface area contributed by atoms with Crippen molar-refractivity contribution in [1.29, 1.82) is 0 Å². The third-order valence-electron chi connectivity index (χ3n) is 3.43. The molecule has 0 saturated carbocycles. The van der Waals surface area contributed by atoms with Crippen LogP contribution in [-0.4, -0.2) is 44.3 Å². The van der Waals surface area contributed by atoms with Gasteiger partial charge in [0, 0.05) is 16.6 Å². The maximum absolute atomic E-state index is 12.2. The molecule has 0 unspecified atom stereocenters. The van der Waals surface area contributed by atoms with Gasteiger partial charge in [-0.1, -0.05) is 40.1 Å². The van der Waals surface area contributed by atoms with Crippen molar-refractivity contribution in [1.82, 2.24) is 19.9 Å². The molecule has 0 atom stereocenters. The average molecular weight is 393 g/mol. The lowest BCUT2D eigenvalue weighted by Gasteiger charge is -2.12. The number of benzene rings is 1. The summed E-state index contributed by atoms with van der Waals surface area (Å²) in [6, 6.07) is 6.64. The van der Waals surface area contributed by atoms with E-state index in [9.17, 15) is 14.4 Å². The van der Waals surface area contributed by atoms with E-state index in [4.69, 9.17) is 4.52 Å². The van der Waals surface area contributed by atoms with Gasteiger partial charge in [0.25, 0.3) is 0 Å². The van der Waals surface area contributed by atoms with Crippen molar-refractivity contribution >= 4 is 33.8 Å². The van der Waals surface area contributed by atoms with E-state index in [2.05, 4.69) is 26.1 Å². The van der Waals surface area contributed by atoms with Crippen LogP contribution in [0.15, 0.2) is 33.3 Å². The fourth-order valence-corrected chi connectivity index (χ4v) is 2.71. The number of urea groups is 1. The molecule has 3 rings (SSSR count). The van der Waals surface area contributed by atoms with Crippen LogP contribution in [0.4, 0.5) is 4.79 Å². The molecule has 0 aliphatic carbocycles. The zero-order valence-electron chi connectivity index (χ0n) is 12.7. The first kappa shape index (κ1) is 16.3. The van der Waals surface area contributed by atoms with Gasteiger partial charge in [-0.05, 0) is 18.6 Å². The first-order valence-corrected chi connectivity index (χ1v) is 8.06. The van der Waals surface area contributed by atoms with Crippen LogP contribution in [0.25, 0.3) is 11.4 Å². The largest absolute Gasteiger partial charge is 0.337 e. The lowest BCUT2D eigenvalue weighted by molar-refractivity contribution is -0.143. The number of halogens is 1. The molecule has 0 bridgehead atoms. The Bertz CT molecular complexity index is 819. The normalized spacial score (nSPS) is 14.8. The number of nitrogens with zero attached hydrogens (tertiary/aromatic N) is 4. The summed E-state index contributed by atoms with van der Waals surface area (Å²) >= 11 is 3.35. The van der Waals surface area contributed by atoms with Crippen molar-refractivity contribution in [3.8, 4) is 11.4 Å². The maximum Gasteiger partial charge on any atom is 0.334 e. The number of carbonyl (C=O) groups is 3. The molecule has 2 heterocycles. The minimum atomic E-state index is -0.879. The molecule has 2 aromatic rings. The minimum absolute atomic E-state index is 0.0813. The minimum Gasteiger partial charge on any atom is -0.337 e. The van der Waals surface area contributed by atoms with Crippen LogP contribution in [0.2, 0.25) is 0 Å². The Labute approximate surface area is 145 Å². The standard InChI is InChI=1S/C15H13BrN4O4/c1-2-6-19-13(21)14(22)20(15(19)23)8-11-17-12(18-24-11)9-4-3-5-10(16)7-9/h3-5,7H,2,6,8H2,1H3. The van der Waals surface area contributed by atoms with Gasteiger partial charge in [-0.3, -0.25) is 14.5 Å². The first-order chi connectivity index (χ1) is 11.5. The Hall–Kier alpha value is -2.55. The van der Waals surface area contributed by atoms with Crippen molar-refractivity contribution in [2.24, 2.45) is 0 Å². The highest BCUT2D eigenvalue weighted by Crippen LogP contribution is 2.21. The zero-order valence-corrected chi connectivity index (χ0v) is 14.3. The van der Waals surface area contributed by atoms with Crippen LogP contribution < -0.4 is 0 Å². The molecule has 124 valence electrons. The van der Waals surface area contributed by atoms with Gasteiger partial charge >= 0.3 is 17.8 Å². The SMILES string of the molecule is CCCN1C(=O)C(=O)N(Cc2nc(-c3cccc(Br)c3)no2)C1=O. The summed E-state index contributed by atoms with van der Waals surface area (Å²) in [7, 11) is 0. The Kier molecular flexibility index (Phi) is 4.43. The Morgan fingerprint density at radius 2 is 1.92 bits per heavy atom. The van der Waals surface area contributed by atoms with E-state index in [1.807, 2.05) is 25.1 Å². The Balaban J connectivity index is 1.79. The molecule has 1 aliphatic heterocycles. The summed E-state index contributed by atoms with van der Waals surface area (Å²) in [4.78, 5) is 41.8. The molecule has 1 aromatic heterocycles. The number of carbonyl (C=O) groups excluding carboxylic acids is 3. The van der Waals surface area contributed by atoms with Gasteiger partial charge in [-0.15, -0.1) is 0 Å². The lowest BCUT2D eigenvalue weighted by Crippen LogP contribution is -2.33. The van der Waals surface area contributed by atoms with Gasteiger partial charge in [-0.2, -0.15) is 4.98 Å². The van der Waals surface area contributed by atoms with Crippen molar-refractivity contribution in [2.45, 2.75) is 19.9 Å². The van der Waals surface area contributed by atoms with Crippen LogP contribution in [-0.2, 0) is 16.1 Å². The van der Waals surface area contributed by atoms with Gasteiger partial charge < -0.3 is 4.52 Å². The quantitative estimate of drug-likeness (QED) is 0.571. The number of hydrogen-bond acceptors (Lipinski definition) is 6. The zero-order chi connectivity index (χ0) is 17.3. The van der Waals surface area contributed by atoms with Gasteiger partial charge in [0.05, 0.1) is 0 Å². The third-order valence-corrected chi connectivity index (χ3v) is 3.92. The molecule has 1 fully saturated rings.